The zero-order valence-corrected chi connectivity index (χ0v) is 24.6. The van der Waals surface area contributed by atoms with Gasteiger partial charge in [0.25, 0.3) is 0 Å². The maximum Gasteiger partial charge on any atom is 0.410 e. The molecule has 0 saturated carbocycles. The largest absolute Gasteiger partial charge is 0.490 e. The van der Waals surface area contributed by atoms with E-state index in [0.29, 0.717) is 25.7 Å². The predicted octanol–water partition coefficient (Wildman–Crippen LogP) is 4.69. The molecule has 1 aromatic carbocycles. The molecule has 0 radical (unpaired) electrons. The molecule has 41 heavy (non-hydrogen) atoms. The zero-order valence-electron chi connectivity index (χ0n) is 24.6. The minimum Gasteiger partial charge on any atom is -0.490 e. The number of anilines is 1. The average molecular weight is 571 g/mol. The highest BCUT2D eigenvalue weighted by molar-refractivity contribution is 5.82. The molecule has 4 heterocycles. The number of hydrogen-bond acceptors (Lipinski definition) is 9. The monoisotopic (exact) mass is 570 g/mol. The van der Waals surface area contributed by atoms with Crippen molar-refractivity contribution in [3.05, 3.63) is 34.6 Å². The number of rotatable bonds is 6. The van der Waals surface area contributed by atoms with Crippen LogP contribution < -0.4 is 9.64 Å². The topological polar surface area (TPSA) is 115 Å². The fourth-order valence-corrected chi connectivity index (χ4v) is 5.99. The summed E-state index contributed by atoms with van der Waals surface area (Å²) < 4.78 is 18.7. The number of piperidine rings is 1. The zero-order chi connectivity index (χ0) is 29.1. The number of nitrogens with zero attached hydrogens (tertiary/aromatic N) is 6. The SMILES string of the molecule is COc1cc(N2CCC(N3CCN(C(=O)OC(C)(C)C)CC3)CC2)c(-c2cnn(C3CCCCO3)c2)cc1[N+](=O)[O-]. The molecular weight excluding hydrogens is 528 g/mol. The lowest BCUT2D eigenvalue weighted by molar-refractivity contribution is -0.385. The van der Waals surface area contributed by atoms with Crippen LogP contribution in [-0.2, 0) is 9.47 Å². The van der Waals surface area contributed by atoms with Gasteiger partial charge in [-0.2, -0.15) is 5.10 Å². The van der Waals surface area contributed by atoms with Crippen LogP contribution in [-0.4, -0.2) is 95.2 Å². The maximum atomic E-state index is 12.5. The summed E-state index contributed by atoms with van der Waals surface area (Å²) in [5.41, 5.74) is 1.93. The molecule has 0 spiro atoms. The fourth-order valence-electron chi connectivity index (χ4n) is 5.99. The number of benzene rings is 1. The Hall–Kier alpha value is -3.38. The van der Waals surface area contributed by atoms with Gasteiger partial charge in [-0.05, 0) is 52.9 Å². The average Bonchev–Trinajstić information content (AvgIpc) is 3.46. The Balaban J connectivity index is 1.29. The Morgan fingerprint density at radius 1 is 1.07 bits per heavy atom. The van der Waals surface area contributed by atoms with Gasteiger partial charge in [0, 0.05) is 87.1 Å². The van der Waals surface area contributed by atoms with E-state index in [1.165, 1.54) is 7.11 Å². The maximum absolute atomic E-state index is 12.5. The minimum absolute atomic E-state index is 0.0642. The second kappa shape index (κ2) is 12.2. The first-order valence-corrected chi connectivity index (χ1v) is 14.6. The smallest absolute Gasteiger partial charge is 0.410 e. The molecule has 0 bridgehead atoms. The molecule has 2 aromatic rings. The van der Waals surface area contributed by atoms with Crippen molar-refractivity contribution < 1.29 is 23.9 Å². The number of nitro groups is 1. The molecule has 1 atom stereocenters. The first-order chi connectivity index (χ1) is 19.6. The number of piperazine rings is 1. The van der Waals surface area contributed by atoms with Crippen LogP contribution in [0.25, 0.3) is 11.1 Å². The van der Waals surface area contributed by atoms with Crippen molar-refractivity contribution in [2.24, 2.45) is 0 Å². The molecule has 3 saturated heterocycles. The van der Waals surface area contributed by atoms with E-state index in [1.54, 1.807) is 23.2 Å². The van der Waals surface area contributed by atoms with Gasteiger partial charge in [-0.3, -0.25) is 15.0 Å². The van der Waals surface area contributed by atoms with Gasteiger partial charge in [0.1, 0.15) is 11.8 Å². The molecule has 3 fully saturated rings. The molecular formula is C29H42N6O6. The second-order valence-corrected chi connectivity index (χ2v) is 12.1. The van der Waals surface area contributed by atoms with E-state index in [-0.39, 0.29) is 23.8 Å². The van der Waals surface area contributed by atoms with Gasteiger partial charge in [0.15, 0.2) is 5.75 Å². The van der Waals surface area contributed by atoms with Gasteiger partial charge < -0.3 is 24.0 Å². The first-order valence-electron chi connectivity index (χ1n) is 14.6. The van der Waals surface area contributed by atoms with Crippen molar-refractivity contribution in [2.45, 2.75) is 70.7 Å². The molecule has 224 valence electrons. The van der Waals surface area contributed by atoms with Gasteiger partial charge in [-0.15, -0.1) is 0 Å². The third kappa shape index (κ3) is 6.75. The van der Waals surface area contributed by atoms with Crippen LogP contribution in [0.3, 0.4) is 0 Å². The third-order valence-corrected chi connectivity index (χ3v) is 8.14. The molecule has 1 aromatic heterocycles. The summed E-state index contributed by atoms with van der Waals surface area (Å²) >= 11 is 0. The van der Waals surface area contributed by atoms with E-state index in [2.05, 4.69) is 14.9 Å². The van der Waals surface area contributed by atoms with E-state index in [0.717, 1.165) is 75.1 Å². The standard InChI is InChI=1S/C29H42N6O6/c1-29(2,3)41-28(36)33-14-12-31(13-15-33)22-8-10-32(11-9-22)24-18-26(39-4)25(35(37)38)17-23(24)21-19-30-34(20-21)27-7-5-6-16-40-27/h17-20,22,27H,5-16H2,1-4H3. The summed E-state index contributed by atoms with van der Waals surface area (Å²) in [6, 6.07) is 3.82. The van der Waals surface area contributed by atoms with Crippen molar-refractivity contribution in [3.8, 4) is 16.9 Å². The molecule has 3 aliphatic rings. The van der Waals surface area contributed by atoms with Crippen molar-refractivity contribution in [1.82, 2.24) is 19.6 Å². The summed E-state index contributed by atoms with van der Waals surface area (Å²) in [5.74, 6) is 0.247. The van der Waals surface area contributed by atoms with E-state index in [9.17, 15) is 14.9 Å². The number of hydrogen-bond donors (Lipinski definition) is 0. The van der Waals surface area contributed by atoms with Crippen LogP contribution in [0.2, 0.25) is 0 Å². The van der Waals surface area contributed by atoms with Crippen LogP contribution in [0.5, 0.6) is 5.75 Å². The number of carbonyl (C=O) groups excluding carboxylic acids is 1. The van der Waals surface area contributed by atoms with E-state index in [4.69, 9.17) is 14.2 Å². The van der Waals surface area contributed by atoms with Crippen LogP contribution >= 0.6 is 0 Å². The Kier molecular flexibility index (Phi) is 8.69. The quantitative estimate of drug-likeness (QED) is 0.360. The number of amides is 1. The molecule has 1 unspecified atom stereocenters. The van der Waals surface area contributed by atoms with Crippen molar-refractivity contribution in [3.63, 3.8) is 0 Å². The Morgan fingerprint density at radius 3 is 2.41 bits per heavy atom. The van der Waals surface area contributed by atoms with E-state index in [1.807, 2.05) is 31.6 Å². The van der Waals surface area contributed by atoms with Gasteiger partial charge in [0.2, 0.25) is 0 Å². The third-order valence-electron chi connectivity index (χ3n) is 8.14. The molecule has 0 aliphatic carbocycles. The Bertz CT molecular complexity index is 1220. The number of carbonyl (C=O) groups is 1. The Morgan fingerprint density at radius 2 is 1.80 bits per heavy atom. The summed E-state index contributed by atoms with van der Waals surface area (Å²) in [4.78, 5) is 30.5. The second-order valence-electron chi connectivity index (χ2n) is 12.1. The van der Waals surface area contributed by atoms with E-state index >= 15 is 0 Å². The molecule has 12 nitrogen and oxygen atoms in total. The molecule has 3 aliphatic heterocycles. The van der Waals surface area contributed by atoms with Crippen LogP contribution in [0.4, 0.5) is 16.2 Å². The van der Waals surface area contributed by atoms with Gasteiger partial charge >= 0.3 is 11.8 Å². The minimum atomic E-state index is -0.497. The van der Waals surface area contributed by atoms with Gasteiger partial charge in [-0.25, -0.2) is 9.48 Å². The first kappa shape index (κ1) is 29.1. The van der Waals surface area contributed by atoms with Crippen molar-refractivity contribution >= 4 is 17.5 Å². The lowest BCUT2D eigenvalue weighted by Crippen LogP contribution is -2.55. The van der Waals surface area contributed by atoms with Crippen LogP contribution in [0, 0.1) is 10.1 Å². The molecule has 12 heteroatoms. The number of aromatic nitrogens is 2. The molecule has 0 N–H and O–H groups in total. The molecule has 5 rings (SSSR count). The summed E-state index contributed by atoms with van der Waals surface area (Å²) in [5, 5.41) is 16.4. The van der Waals surface area contributed by atoms with Crippen molar-refractivity contribution in [2.75, 3.05) is 57.9 Å². The number of methoxy groups -OCH3 is 1. The van der Waals surface area contributed by atoms with E-state index < -0.39 is 10.5 Å². The summed E-state index contributed by atoms with van der Waals surface area (Å²) in [6.07, 6.45) is 8.30. The highest BCUT2D eigenvalue weighted by atomic mass is 16.6. The van der Waals surface area contributed by atoms with Gasteiger partial charge in [-0.1, -0.05) is 0 Å². The Labute approximate surface area is 241 Å². The van der Waals surface area contributed by atoms with Crippen LogP contribution in [0.15, 0.2) is 24.5 Å². The lowest BCUT2D eigenvalue weighted by Gasteiger charge is -2.43. The number of ether oxygens (including phenoxy) is 3. The summed E-state index contributed by atoms with van der Waals surface area (Å²) in [7, 11) is 1.47. The predicted molar refractivity (Wildman–Crippen MR) is 154 cm³/mol. The molecule has 1 amide bonds. The lowest BCUT2D eigenvalue weighted by atomic mass is 9.98. The fraction of sp³-hybridized carbons (Fsp3) is 0.655. The highest BCUT2D eigenvalue weighted by Gasteiger charge is 2.32. The number of nitro benzene ring substituents is 1. The van der Waals surface area contributed by atoms with Crippen molar-refractivity contribution in [1.29, 1.82) is 0 Å². The summed E-state index contributed by atoms with van der Waals surface area (Å²) in [6.45, 7) is 11.0. The highest BCUT2D eigenvalue weighted by Crippen LogP contribution is 2.41. The van der Waals surface area contributed by atoms with Crippen LogP contribution in [0.1, 0.15) is 59.1 Å². The normalized spacial score (nSPS) is 21.1. The van der Waals surface area contributed by atoms with Gasteiger partial charge in [0.05, 0.1) is 18.2 Å².